The van der Waals surface area contributed by atoms with Crippen molar-refractivity contribution in [2.24, 2.45) is 0 Å². The number of rotatable bonds is 7. The molecule has 94 valence electrons. The molecule has 0 bridgehead atoms. The van der Waals surface area contributed by atoms with E-state index in [1.807, 2.05) is 22.9 Å². The molecule has 0 radical (unpaired) electrons. The van der Waals surface area contributed by atoms with Crippen molar-refractivity contribution in [2.45, 2.75) is 45.6 Å². The zero-order valence-corrected chi connectivity index (χ0v) is 11.4. The highest BCUT2D eigenvalue weighted by Gasteiger charge is 2.07. The lowest BCUT2D eigenvalue weighted by atomic mass is 10.1. The highest BCUT2D eigenvalue weighted by atomic mass is 32.1. The minimum absolute atomic E-state index is 0.0168. The van der Waals surface area contributed by atoms with E-state index in [4.69, 9.17) is 0 Å². The van der Waals surface area contributed by atoms with Gasteiger partial charge < -0.3 is 5.32 Å². The molecule has 1 rings (SSSR count). The van der Waals surface area contributed by atoms with Crippen LogP contribution in [0.25, 0.3) is 6.08 Å². The van der Waals surface area contributed by atoms with E-state index in [9.17, 15) is 4.79 Å². The van der Waals surface area contributed by atoms with Gasteiger partial charge in [-0.3, -0.25) is 4.79 Å². The largest absolute Gasteiger partial charge is 0.350 e. The highest BCUT2D eigenvalue weighted by molar-refractivity contribution is 7.08. The van der Waals surface area contributed by atoms with E-state index in [0.29, 0.717) is 6.04 Å². The van der Waals surface area contributed by atoms with Gasteiger partial charge in [0.15, 0.2) is 0 Å². The average Bonchev–Trinajstić information content (AvgIpc) is 2.80. The molecular weight excluding hydrogens is 230 g/mol. The summed E-state index contributed by atoms with van der Waals surface area (Å²) in [5, 5.41) is 7.09. The maximum absolute atomic E-state index is 11.7. The standard InChI is InChI=1S/C14H21NOS/c1-3-5-13(6-4-2)15-14(16)8-7-12-9-10-17-11-12/h7-11,13H,3-6H2,1-2H3,(H,15,16)/b8-7+. The molecule has 0 unspecified atom stereocenters. The number of carbonyl (C=O) groups is 1. The van der Waals surface area contributed by atoms with Crippen LogP contribution in [0.1, 0.15) is 45.1 Å². The van der Waals surface area contributed by atoms with Crippen molar-refractivity contribution in [3.8, 4) is 0 Å². The third-order valence-electron chi connectivity index (χ3n) is 2.59. The second kappa shape index (κ2) is 8.07. The van der Waals surface area contributed by atoms with Gasteiger partial charge in [0.05, 0.1) is 0 Å². The van der Waals surface area contributed by atoms with Gasteiger partial charge in [-0.25, -0.2) is 0 Å². The fraction of sp³-hybridized carbons (Fsp3) is 0.500. The molecule has 0 saturated carbocycles. The molecule has 0 aliphatic heterocycles. The predicted molar refractivity (Wildman–Crippen MR) is 75.1 cm³/mol. The summed E-state index contributed by atoms with van der Waals surface area (Å²) in [5.74, 6) is 0.0168. The van der Waals surface area contributed by atoms with E-state index >= 15 is 0 Å². The lowest BCUT2D eigenvalue weighted by molar-refractivity contribution is -0.117. The van der Waals surface area contributed by atoms with Crippen LogP contribution in [0.5, 0.6) is 0 Å². The van der Waals surface area contributed by atoms with Crippen molar-refractivity contribution in [1.82, 2.24) is 5.32 Å². The van der Waals surface area contributed by atoms with E-state index in [1.165, 1.54) is 0 Å². The van der Waals surface area contributed by atoms with Crippen LogP contribution in [0, 0.1) is 0 Å². The van der Waals surface area contributed by atoms with Crippen LogP contribution in [0.3, 0.4) is 0 Å². The van der Waals surface area contributed by atoms with Gasteiger partial charge in [-0.05, 0) is 41.3 Å². The van der Waals surface area contributed by atoms with E-state index in [-0.39, 0.29) is 5.91 Å². The third-order valence-corrected chi connectivity index (χ3v) is 3.29. The lowest BCUT2D eigenvalue weighted by Crippen LogP contribution is -2.33. The third kappa shape index (κ3) is 5.68. The molecule has 0 atom stereocenters. The Morgan fingerprint density at radius 1 is 1.41 bits per heavy atom. The molecule has 1 aromatic heterocycles. The second-order valence-electron chi connectivity index (χ2n) is 4.17. The molecule has 2 nitrogen and oxygen atoms in total. The van der Waals surface area contributed by atoms with Crippen LogP contribution in [0.4, 0.5) is 0 Å². The van der Waals surface area contributed by atoms with Gasteiger partial charge >= 0.3 is 0 Å². The van der Waals surface area contributed by atoms with Crippen molar-refractivity contribution in [1.29, 1.82) is 0 Å². The first-order valence-corrected chi connectivity index (χ1v) is 7.21. The maximum atomic E-state index is 11.7. The van der Waals surface area contributed by atoms with Crippen LogP contribution in [0.2, 0.25) is 0 Å². The maximum Gasteiger partial charge on any atom is 0.244 e. The Hall–Kier alpha value is -1.09. The molecule has 0 spiro atoms. The minimum Gasteiger partial charge on any atom is -0.350 e. The van der Waals surface area contributed by atoms with E-state index in [0.717, 1.165) is 31.2 Å². The first-order valence-electron chi connectivity index (χ1n) is 6.27. The molecule has 1 N–H and O–H groups in total. The molecule has 0 saturated heterocycles. The Balaban J connectivity index is 2.41. The van der Waals surface area contributed by atoms with Gasteiger partial charge in [0, 0.05) is 12.1 Å². The fourth-order valence-electron chi connectivity index (χ4n) is 1.78. The summed E-state index contributed by atoms with van der Waals surface area (Å²) in [7, 11) is 0. The van der Waals surface area contributed by atoms with E-state index < -0.39 is 0 Å². The van der Waals surface area contributed by atoms with Crippen molar-refractivity contribution in [3.05, 3.63) is 28.5 Å². The molecule has 17 heavy (non-hydrogen) atoms. The summed E-state index contributed by atoms with van der Waals surface area (Å²) in [6.45, 7) is 4.30. The van der Waals surface area contributed by atoms with Crippen molar-refractivity contribution < 1.29 is 4.79 Å². The number of hydrogen-bond donors (Lipinski definition) is 1. The Labute approximate surface area is 108 Å². The molecule has 1 amide bonds. The summed E-state index contributed by atoms with van der Waals surface area (Å²) >= 11 is 1.64. The number of amides is 1. The average molecular weight is 251 g/mol. The smallest absolute Gasteiger partial charge is 0.244 e. The molecule has 0 fully saturated rings. The Morgan fingerprint density at radius 2 is 2.12 bits per heavy atom. The second-order valence-corrected chi connectivity index (χ2v) is 4.95. The Bertz CT molecular complexity index is 337. The van der Waals surface area contributed by atoms with Gasteiger partial charge in [-0.2, -0.15) is 11.3 Å². The Kier molecular flexibility index (Phi) is 6.63. The van der Waals surface area contributed by atoms with Crippen molar-refractivity contribution in [2.75, 3.05) is 0 Å². The molecule has 0 aromatic carbocycles. The monoisotopic (exact) mass is 251 g/mol. The van der Waals surface area contributed by atoms with Gasteiger partial charge in [0.2, 0.25) is 5.91 Å². The van der Waals surface area contributed by atoms with Crippen LogP contribution >= 0.6 is 11.3 Å². The normalized spacial score (nSPS) is 11.2. The quantitative estimate of drug-likeness (QED) is 0.733. The predicted octanol–water partition coefficient (Wildman–Crippen LogP) is 3.85. The summed E-state index contributed by atoms with van der Waals surface area (Å²) in [6, 6.07) is 2.33. The first kappa shape index (κ1) is 14.0. The molecule has 0 aliphatic rings. The van der Waals surface area contributed by atoms with E-state index in [2.05, 4.69) is 19.2 Å². The van der Waals surface area contributed by atoms with Gasteiger partial charge in [-0.1, -0.05) is 26.7 Å². The van der Waals surface area contributed by atoms with Gasteiger partial charge in [0.1, 0.15) is 0 Å². The number of carbonyl (C=O) groups excluding carboxylic acids is 1. The van der Waals surface area contributed by atoms with Crippen LogP contribution in [-0.2, 0) is 4.79 Å². The zero-order valence-electron chi connectivity index (χ0n) is 10.6. The zero-order chi connectivity index (χ0) is 12.5. The topological polar surface area (TPSA) is 29.1 Å². The Morgan fingerprint density at radius 3 is 2.65 bits per heavy atom. The van der Waals surface area contributed by atoms with Crippen LogP contribution in [-0.4, -0.2) is 11.9 Å². The fourth-order valence-corrected chi connectivity index (χ4v) is 2.41. The highest BCUT2D eigenvalue weighted by Crippen LogP contribution is 2.08. The summed E-state index contributed by atoms with van der Waals surface area (Å²) in [6.07, 6.45) is 7.83. The molecule has 1 heterocycles. The summed E-state index contributed by atoms with van der Waals surface area (Å²) in [4.78, 5) is 11.7. The van der Waals surface area contributed by atoms with Crippen molar-refractivity contribution >= 4 is 23.3 Å². The summed E-state index contributed by atoms with van der Waals surface area (Å²) < 4.78 is 0. The SMILES string of the molecule is CCCC(CCC)NC(=O)/C=C/c1ccsc1. The number of nitrogens with one attached hydrogen (secondary N) is 1. The number of hydrogen-bond acceptors (Lipinski definition) is 2. The van der Waals surface area contributed by atoms with E-state index in [1.54, 1.807) is 17.4 Å². The van der Waals surface area contributed by atoms with Crippen LogP contribution < -0.4 is 5.32 Å². The molecule has 1 aromatic rings. The molecule has 3 heteroatoms. The minimum atomic E-state index is 0.0168. The molecule has 0 aliphatic carbocycles. The molecular formula is C14H21NOS. The first-order chi connectivity index (χ1) is 8.26. The number of thiophene rings is 1. The van der Waals surface area contributed by atoms with Gasteiger partial charge in [0.25, 0.3) is 0 Å². The summed E-state index contributed by atoms with van der Waals surface area (Å²) in [5.41, 5.74) is 1.09. The lowest BCUT2D eigenvalue weighted by Gasteiger charge is -2.15. The van der Waals surface area contributed by atoms with Crippen molar-refractivity contribution in [3.63, 3.8) is 0 Å². The van der Waals surface area contributed by atoms with Gasteiger partial charge in [-0.15, -0.1) is 0 Å². The van der Waals surface area contributed by atoms with Crippen LogP contribution in [0.15, 0.2) is 22.9 Å².